The van der Waals surface area contributed by atoms with E-state index in [1.54, 1.807) is 0 Å². The highest BCUT2D eigenvalue weighted by Crippen LogP contribution is 2.62. The Morgan fingerprint density at radius 2 is 2.16 bits per heavy atom. The quantitative estimate of drug-likeness (QED) is 0.727. The third-order valence-electron chi connectivity index (χ3n) is 3.68. The van der Waals surface area contributed by atoms with Gasteiger partial charge in [0.25, 0.3) is 5.56 Å². The van der Waals surface area contributed by atoms with Crippen LogP contribution in [0.15, 0.2) is 21.9 Å². The fraction of sp³-hybridized carbons (Fsp3) is 0.538. The zero-order valence-electron chi connectivity index (χ0n) is 10.4. The van der Waals surface area contributed by atoms with Gasteiger partial charge in [-0.25, -0.2) is 4.79 Å². The summed E-state index contributed by atoms with van der Waals surface area (Å²) in [5.41, 5.74) is -0.879. The molecule has 1 saturated heterocycles. The van der Waals surface area contributed by atoms with Gasteiger partial charge in [0.2, 0.25) is 0 Å². The number of aromatic amines is 1. The zero-order valence-corrected chi connectivity index (χ0v) is 10.4. The van der Waals surface area contributed by atoms with Gasteiger partial charge in [-0.05, 0) is 19.3 Å². The first-order valence-corrected chi connectivity index (χ1v) is 6.06. The number of rotatable bonds is 2. The van der Waals surface area contributed by atoms with Crippen molar-refractivity contribution in [2.24, 2.45) is 5.41 Å². The van der Waals surface area contributed by atoms with E-state index in [4.69, 9.17) is 9.84 Å². The van der Waals surface area contributed by atoms with E-state index in [0.717, 1.165) is 19.3 Å². The van der Waals surface area contributed by atoms with Gasteiger partial charge >= 0.3 is 5.69 Å². The molecule has 2 fully saturated rings. The van der Waals surface area contributed by atoms with Gasteiger partial charge in [-0.3, -0.25) is 14.3 Å². The Morgan fingerprint density at radius 3 is 2.68 bits per heavy atom. The topological polar surface area (TPSA) is 84.3 Å². The summed E-state index contributed by atoms with van der Waals surface area (Å²) in [6, 6.07) is 1.31. The van der Waals surface area contributed by atoms with Crippen LogP contribution in [0.4, 0.5) is 0 Å². The number of terminal acetylenes is 1. The molecule has 0 amide bonds. The molecule has 102 valence electrons. The Bertz CT molecular complexity index is 582. The van der Waals surface area contributed by atoms with Crippen molar-refractivity contribution in [2.45, 2.75) is 31.6 Å². The van der Waals surface area contributed by atoms with Crippen molar-refractivity contribution in [3.63, 3.8) is 0 Å². The van der Waals surface area contributed by atoms with Crippen LogP contribution in [0.25, 0.3) is 0 Å². The molecule has 1 aromatic rings. The molecule has 1 aliphatic heterocycles. The van der Waals surface area contributed by atoms with Gasteiger partial charge in [-0.2, -0.15) is 0 Å². The van der Waals surface area contributed by atoms with Gasteiger partial charge in [0.15, 0.2) is 0 Å². The van der Waals surface area contributed by atoms with Gasteiger partial charge in [-0.15, -0.1) is 12.8 Å². The number of nitrogens with one attached hydrogen (secondary N) is 1. The van der Waals surface area contributed by atoms with Gasteiger partial charge < -0.3 is 9.84 Å². The predicted octanol–water partition coefficient (Wildman–Crippen LogP) is -0.154. The molecular formula is C13H16N2O4. The van der Waals surface area contributed by atoms with Crippen LogP contribution in [-0.4, -0.2) is 27.4 Å². The van der Waals surface area contributed by atoms with Gasteiger partial charge in [0.1, 0.15) is 6.23 Å². The van der Waals surface area contributed by atoms with Crippen molar-refractivity contribution >= 4 is 0 Å². The summed E-state index contributed by atoms with van der Waals surface area (Å²) >= 11 is 0. The smallest absolute Gasteiger partial charge is 0.330 e. The second-order valence-corrected chi connectivity index (χ2v) is 4.88. The van der Waals surface area contributed by atoms with E-state index in [2.05, 4.69) is 17.8 Å². The lowest BCUT2D eigenvalue weighted by molar-refractivity contribution is -0.0390. The summed E-state index contributed by atoms with van der Waals surface area (Å²) < 4.78 is 7.11. The Balaban J connectivity index is 0.000000637. The van der Waals surface area contributed by atoms with Crippen LogP contribution < -0.4 is 11.2 Å². The van der Waals surface area contributed by atoms with Crippen LogP contribution in [-0.2, 0) is 4.74 Å². The fourth-order valence-corrected chi connectivity index (χ4v) is 2.62. The highest BCUT2D eigenvalue weighted by molar-refractivity contribution is 5.04. The van der Waals surface area contributed by atoms with Crippen molar-refractivity contribution in [1.82, 2.24) is 9.55 Å². The first-order valence-electron chi connectivity index (χ1n) is 6.06. The molecule has 1 aromatic heterocycles. The monoisotopic (exact) mass is 264 g/mol. The van der Waals surface area contributed by atoms with Crippen LogP contribution in [0.5, 0.6) is 0 Å². The van der Waals surface area contributed by atoms with Crippen LogP contribution in [0.2, 0.25) is 0 Å². The third kappa shape index (κ3) is 2.35. The summed E-state index contributed by atoms with van der Waals surface area (Å²) in [5, 5.41) is 9.13. The molecule has 6 heteroatoms. The van der Waals surface area contributed by atoms with Crippen molar-refractivity contribution in [1.29, 1.82) is 0 Å². The fourth-order valence-electron chi connectivity index (χ4n) is 2.62. The number of aliphatic hydroxyl groups excluding tert-OH is 1. The molecule has 0 bridgehead atoms. The molecule has 2 atom stereocenters. The molecule has 2 heterocycles. The highest BCUT2D eigenvalue weighted by atomic mass is 16.5. The lowest BCUT2D eigenvalue weighted by Gasteiger charge is -2.19. The predicted molar refractivity (Wildman–Crippen MR) is 68.5 cm³/mol. The minimum Gasteiger partial charge on any atom is -0.394 e. The number of aliphatic hydroxyl groups is 1. The second kappa shape index (κ2) is 5.03. The number of H-pyrrole nitrogens is 1. The average Bonchev–Trinajstić information content (AvgIpc) is 3.08. The second-order valence-electron chi connectivity index (χ2n) is 4.88. The molecule has 1 aliphatic carbocycles. The van der Waals surface area contributed by atoms with E-state index in [-0.39, 0.29) is 24.4 Å². The van der Waals surface area contributed by atoms with Crippen LogP contribution in [0.1, 0.15) is 25.5 Å². The average molecular weight is 264 g/mol. The first-order chi connectivity index (χ1) is 9.14. The van der Waals surface area contributed by atoms with E-state index >= 15 is 0 Å². The minimum atomic E-state index is -0.452. The molecule has 1 saturated carbocycles. The van der Waals surface area contributed by atoms with Crippen molar-refractivity contribution in [2.75, 3.05) is 6.61 Å². The van der Waals surface area contributed by atoms with Crippen LogP contribution in [0, 0.1) is 18.3 Å². The van der Waals surface area contributed by atoms with E-state index < -0.39 is 11.2 Å². The van der Waals surface area contributed by atoms with Crippen molar-refractivity contribution in [3.8, 4) is 12.8 Å². The van der Waals surface area contributed by atoms with Crippen LogP contribution >= 0.6 is 0 Å². The summed E-state index contributed by atoms with van der Waals surface area (Å²) in [6.07, 6.45) is 11.7. The maximum Gasteiger partial charge on any atom is 0.330 e. The summed E-state index contributed by atoms with van der Waals surface area (Å²) in [4.78, 5) is 24.9. The van der Waals surface area contributed by atoms with E-state index in [9.17, 15) is 9.59 Å². The highest BCUT2D eigenvalue weighted by Gasteiger charge is 2.57. The Morgan fingerprint density at radius 1 is 1.47 bits per heavy atom. The maximum atomic E-state index is 11.7. The number of hydrogen-bond donors (Lipinski definition) is 2. The molecule has 1 unspecified atom stereocenters. The minimum absolute atomic E-state index is 0.0184. The molecule has 19 heavy (non-hydrogen) atoms. The molecule has 3 rings (SSSR count). The Kier molecular flexibility index (Phi) is 3.60. The lowest BCUT2D eigenvalue weighted by atomic mass is 10.0. The van der Waals surface area contributed by atoms with Crippen molar-refractivity contribution < 1.29 is 9.84 Å². The van der Waals surface area contributed by atoms with Gasteiger partial charge in [0, 0.05) is 17.7 Å². The summed E-state index contributed by atoms with van der Waals surface area (Å²) in [7, 11) is 0. The maximum absolute atomic E-state index is 11.7. The molecular weight excluding hydrogens is 248 g/mol. The van der Waals surface area contributed by atoms with Gasteiger partial charge in [0.05, 0.1) is 12.7 Å². The molecule has 6 nitrogen and oxygen atoms in total. The summed E-state index contributed by atoms with van der Waals surface area (Å²) in [5.74, 6) is 0. The molecule has 0 aromatic carbocycles. The molecule has 2 N–H and O–H groups in total. The van der Waals surface area contributed by atoms with Gasteiger partial charge in [-0.1, -0.05) is 0 Å². The first kappa shape index (κ1) is 13.6. The lowest BCUT2D eigenvalue weighted by Crippen LogP contribution is -2.34. The largest absolute Gasteiger partial charge is 0.394 e. The van der Waals surface area contributed by atoms with E-state index in [0.29, 0.717) is 0 Å². The van der Waals surface area contributed by atoms with E-state index in [1.807, 2.05) is 0 Å². The third-order valence-corrected chi connectivity index (χ3v) is 3.68. The number of nitrogens with zero attached hydrogens (tertiary/aromatic N) is 1. The normalized spacial score (nSPS) is 26.7. The van der Waals surface area contributed by atoms with E-state index in [1.165, 1.54) is 16.8 Å². The zero-order chi connectivity index (χ0) is 14.0. The number of hydrogen-bond acceptors (Lipinski definition) is 4. The standard InChI is InChI=1S/C11H14N2O4.C2H2/c14-6-7-5-11(2-3-11)9(17-7)13-4-1-8(15)12-10(13)16;1-2/h1,4,7,9,14H,2-3,5-6H2,(H,12,15,16);1-2H/t7?,9-;/m1./s1. The van der Waals surface area contributed by atoms with Crippen LogP contribution in [0.3, 0.4) is 0 Å². The number of aromatic nitrogens is 2. The SMILES string of the molecule is C#C.O=c1ccn([C@@H]2OC(CO)CC23CC3)c(=O)[nH]1. The Labute approximate surface area is 110 Å². The molecule has 2 aliphatic rings. The Hall–Kier alpha value is -1.84. The molecule has 0 radical (unpaired) electrons. The summed E-state index contributed by atoms with van der Waals surface area (Å²) in [6.45, 7) is -0.0314. The molecule has 1 spiro atoms. The van der Waals surface area contributed by atoms with Crippen molar-refractivity contribution in [3.05, 3.63) is 33.1 Å². The number of ether oxygens (including phenoxy) is 1.